The largest absolute Gasteiger partial charge is 0.370 e. The Kier molecular flexibility index (Phi) is 4.85. The second-order valence-corrected chi connectivity index (χ2v) is 3.99. The number of carbonyl (C=O) groups is 1. The van der Waals surface area contributed by atoms with Crippen LogP contribution in [0, 0.1) is 5.82 Å². The van der Waals surface area contributed by atoms with Crippen LogP contribution in [0.1, 0.15) is 0 Å². The Morgan fingerprint density at radius 3 is 2.88 bits per heavy atom. The third kappa shape index (κ3) is 3.26. The van der Waals surface area contributed by atoms with Gasteiger partial charge < -0.3 is 15.8 Å². The van der Waals surface area contributed by atoms with E-state index in [0.717, 1.165) is 0 Å². The van der Waals surface area contributed by atoms with Crippen molar-refractivity contribution in [2.75, 3.05) is 19.0 Å². The highest BCUT2D eigenvalue weighted by Crippen LogP contribution is 2.19. The summed E-state index contributed by atoms with van der Waals surface area (Å²) in [7, 11) is 1.37. The fourth-order valence-corrected chi connectivity index (χ4v) is 1.45. The number of nitrogens with two attached hydrogens (primary N) is 1. The summed E-state index contributed by atoms with van der Waals surface area (Å²) < 4.78 is 18.8. The van der Waals surface area contributed by atoms with Gasteiger partial charge in [0.25, 0.3) is 5.91 Å². The molecule has 0 aliphatic rings. The molecule has 3 N–H and O–H groups in total. The van der Waals surface area contributed by atoms with Crippen molar-refractivity contribution in [3.8, 4) is 0 Å². The highest BCUT2D eigenvalue weighted by atomic mass is 79.9. The summed E-state index contributed by atoms with van der Waals surface area (Å²) in [5, 5.41) is 2.40. The van der Waals surface area contributed by atoms with Crippen LogP contribution >= 0.6 is 15.9 Å². The maximum atomic E-state index is 13.4. The van der Waals surface area contributed by atoms with Gasteiger partial charge in [-0.3, -0.25) is 4.79 Å². The molecule has 1 rings (SSSR count). The predicted molar refractivity (Wildman–Crippen MR) is 62.6 cm³/mol. The maximum absolute atomic E-state index is 13.4. The first-order valence-corrected chi connectivity index (χ1v) is 5.36. The van der Waals surface area contributed by atoms with Crippen molar-refractivity contribution in [3.63, 3.8) is 0 Å². The molecular weight excluding hydrogens is 279 g/mol. The van der Waals surface area contributed by atoms with Crippen LogP contribution in [0.2, 0.25) is 0 Å². The fraction of sp³-hybridized carbons (Fsp3) is 0.300. The number of nitrogens with one attached hydrogen (secondary N) is 1. The maximum Gasteiger partial charge on any atom is 0.254 e. The number of anilines is 1. The third-order valence-corrected chi connectivity index (χ3v) is 2.47. The molecule has 0 heterocycles. The number of carbonyl (C=O) groups excluding carboxylic acids is 1. The van der Waals surface area contributed by atoms with E-state index in [-0.39, 0.29) is 12.2 Å². The average molecular weight is 291 g/mol. The highest BCUT2D eigenvalue weighted by molar-refractivity contribution is 9.10. The van der Waals surface area contributed by atoms with E-state index in [1.54, 1.807) is 6.07 Å². The Morgan fingerprint density at radius 1 is 1.69 bits per heavy atom. The van der Waals surface area contributed by atoms with Crippen LogP contribution in [0.4, 0.5) is 10.1 Å². The van der Waals surface area contributed by atoms with Crippen molar-refractivity contribution >= 4 is 27.5 Å². The molecule has 0 fully saturated rings. The van der Waals surface area contributed by atoms with Crippen molar-refractivity contribution in [2.45, 2.75) is 6.10 Å². The van der Waals surface area contributed by atoms with Gasteiger partial charge in [-0.25, -0.2) is 4.39 Å². The molecule has 1 unspecified atom stereocenters. The molecule has 88 valence electrons. The SMILES string of the molecule is COC(CN)C(=O)Nc1ccc(Br)cc1F. The molecule has 0 aliphatic carbocycles. The van der Waals surface area contributed by atoms with E-state index in [4.69, 9.17) is 10.5 Å². The van der Waals surface area contributed by atoms with Crippen LogP contribution < -0.4 is 11.1 Å². The van der Waals surface area contributed by atoms with Gasteiger partial charge >= 0.3 is 0 Å². The molecule has 0 bridgehead atoms. The highest BCUT2D eigenvalue weighted by Gasteiger charge is 2.17. The summed E-state index contributed by atoms with van der Waals surface area (Å²) in [6, 6.07) is 4.35. The minimum Gasteiger partial charge on any atom is -0.370 e. The molecule has 1 amide bonds. The summed E-state index contributed by atoms with van der Waals surface area (Å²) in [4.78, 5) is 11.5. The summed E-state index contributed by atoms with van der Waals surface area (Å²) in [5.74, 6) is -0.985. The van der Waals surface area contributed by atoms with Gasteiger partial charge in [-0.05, 0) is 18.2 Å². The number of halogens is 2. The van der Waals surface area contributed by atoms with Gasteiger partial charge in [0.1, 0.15) is 11.9 Å². The Balaban J connectivity index is 2.76. The third-order valence-electron chi connectivity index (χ3n) is 1.98. The second kappa shape index (κ2) is 5.93. The number of hydrogen-bond donors (Lipinski definition) is 2. The number of amides is 1. The van der Waals surface area contributed by atoms with Crippen LogP contribution in [0.15, 0.2) is 22.7 Å². The molecule has 0 aliphatic heterocycles. The monoisotopic (exact) mass is 290 g/mol. The fourth-order valence-electron chi connectivity index (χ4n) is 1.11. The Morgan fingerprint density at radius 2 is 2.38 bits per heavy atom. The number of benzene rings is 1. The molecule has 0 radical (unpaired) electrons. The molecule has 0 spiro atoms. The van der Waals surface area contributed by atoms with Crippen molar-refractivity contribution in [1.82, 2.24) is 0 Å². The van der Waals surface area contributed by atoms with E-state index >= 15 is 0 Å². The van der Waals surface area contributed by atoms with Crippen molar-refractivity contribution in [3.05, 3.63) is 28.5 Å². The first-order valence-electron chi connectivity index (χ1n) is 4.57. The summed E-state index contributed by atoms with van der Waals surface area (Å²) in [6.07, 6.45) is -0.775. The molecule has 16 heavy (non-hydrogen) atoms. The number of rotatable bonds is 4. The van der Waals surface area contributed by atoms with E-state index in [1.165, 1.54) is 19.2 Å². The van der Waals surface area contributed by atoms with Crippen LogP contribution in [-0.2, 0) is 9.53 Å². The quantitative estimate of drug-likeness (QED) is 0.883. The van der Waals surface area contributed by atoms with Crippen molar-refractivity contribution < 1.29 is 13.9 Å². The smallest absolute Gasteiger partial charge is 0.254 e. The zero-order chi connectivity index (χ0) is 12.1. The first kappa shape index (κ1) is 13.1. The van der Waals surface area contributed by atoms with Crippen molar-refractivity contribution in [2.24, 2.45) is 5.73 Å². The van der Waals surface area contributed by atoms with Crippen molar-refractivity contribution in [1.29, 1.82) is 0 Å². The summed E-state index contributed by atoms with van der Waals surface area (Å²) in [5.41, 5.74) is 5.41. The van der Waals surface area contributed by atoms with Gasteiger partial charge in [-0.1, -0.05) is 15.9 Å². The van der Waals surface area contributed by atoms with E-state index in [2.05, 4.69) is 21.2 Å². The van der Waals surface area contributed by atoms with E-state index in [1.807, 2.05) is 0 Å². The van der Waals surface area contributed by atoms with Gasteiger partial charge in [-0.2, -0.15) is 0 Å². The standard InChI is InChI=1S/C10H12BrFN2O2/c1-16-9(5-13)10(15)14-8-3-2-6(11)4-7(8)12/h2-4,9H,5,13H2,1H3,(H,14,15). The Hall–Kier alpha value is -0.980. The van der Waals surface area contributed by atoms with Gasteiger partial charge in [0.05, 0.1) is 5.69 Å². The number of hydrogen-bond acceptors (Lipinski definition) is 3. The second-order valence-electron chi connectivity index (χ2n) is 3.07. The average Bonchev–Trinajstić information content (AvgIpc) is 2.24. The van der Waals surface area contributed by atoms with Gasteiger partial charge in [-0.15, -0.1) is 0 Å². The van der Waals surface area contributed by atoms with Gasteiger partial charge in [0, 0.05) is 18.1 Å². The minimum absolute atomic E-state index is 0.0421. The van der Waals surface area contributed by atoms with Crippen LogP contribution in [-0.4, -0.2) is 25.7 Å². The molecule has 1 aromatic rings. The summed E-state index contributed by atoms with van der Waals surface area (Å²) in [6.45, 7) is 0.0421. The Bertz CT molecular complexity index is 383. The molecule has 4 nitrogen and oxygen atoms in total. The topological polar surface area (TPSA) is 64.3 Å². The van der Waals surface area contributed by atoms with Gasteiger partial charge in [0.2, 0.25) is 0 Å². The summed E-state index contributed by atoms with van der Waals surface area (Å²) >= 11 is 3.12. The van der Waals surface area contributed by atoms with Gasteiger partial charge in [0.15, 0.2) is 0 Å². The van der Waals surface area contributed by atoms with Crippen LogP contribution in [0.5, 0.6) is 0 Å². The lowest BCUT2D eigenvalue weighted by molar-refractivity contribution is -0.125. The molecule has 6 heteroatoms. The minimum atomic E-state index is -0.775. The molecule has 1 atom stereocenters. The number of ether oxygens (including phenoxy) is 1. The predicted octanol–water partition coefficient (Wildman–Crippen LogP) is 1.50. The molecule has 1 aromatic carbocycles. The zero-order valence-corrected chi connectivity index (χ0v) is 10.3. The zero-order valence-electron chi connectivity index (χ0n) is 8.67. The number of methoxy groups -OCH3 is 1. The lowest BCUT2D eigenvalue weighted by Crippen LogP contribution is -2.36. The first-order chi connectivity index (χ1) is 7.58. The van der Waals surface area contributed by atoms with E-state index < -0.39 is 17.8 Å². The van der Waals surface area contributed by atoms with E-state index in [0.29, 0.717) is 4.47 Å². The lowest BCUT2D eigenvalue weighted by atomic mass is 10.2. The van der Waals surface area contributed by atoms with E-state index in [9.17, 15) is 9.18 Å². The normalized spacial score (nSPS) is 12.2. The molecule has 0 saturated carbocycles. The Labute approximate surface area is 101 Å². The van der Waals surface area contributed by atoms with Crippen LogP contribution in [0.25, 0.3) is 0 Å². The van der Waals surface area contributed by atoms with Crippen LogP contribution in [0.3, 0.4) is 0 Å². The molecular formula is C10H12BrFN2O2. The lowest BCUT2D eigenvalue weighted by Gasteiger charge is -2.13. The molecule has 0 saturated heterocycles. The molecule has 0 aromatic heterocycles.